The van der Waals surface area contributed by atoms with Crippen molar-refractivity contribution >= 4 is 23.4 Å². The summed E-state index contributed by atoms with van der Waals surface area (Å²) in [7, 11) is 0. The molecule has 0 saturated carbocycles. The van der Waals surface area contributed by atoms with Crippen LogP contribution in [0.2, 0.25) is 5.02 Å². The fraction of sp³-hybridized carbons (Fsp3) is 0.429. The number of aryl methyl sites for hydroxylation is 1. The van der Waals surface area contributed by atoms with Gasteiger partial charge in [0.25, 0.3) is 0 Å². The maximum atomic E-state index is 12.9. The first kappa shape index (κ1) is 15.6. The maximum Gasteiger partial charge on any atom is 0.306 e. The van der Waals surface area contributed by atoms with Crippen molar-refractivity contribution < 1.29 is 18.7 Å². The summed E-state index contributed by atoms with van der Waals surface area (Å²) in [6.07, 6.45) is 1.08. The highest BCUT2D eigenvalue weighted by Crippen LogP contribution is 2.17. The molecule has 3 nitrogen and oxygen atoms in total. The van der Waals surface area contributed by atoms with Gasteiger partial charge in [0.15, 0.2) is 0 Å². The standard InChI is InChI=1S/C14H16ClFO3/c1-2-19-14(18)8-6-11(17)5-3-10-4-7-13(16)12(15)9-10/h4,7,9H,2-3,5-6,8H2,1H3. The topological polar surface area (TPSA) is 43.4 Å². The highest BCUT2D eigenvalue weighted by Gasteiger charge is 2.08. The van der Waals surface area contributed by atoms with Crippen molar-refractivity contribution in [3.63, 3.8) is 0 Å². The van der Waals surface area contributed by atoms with Crippen molar-refractivity contribution in [3.8, 4) is 0 Å². The molecule has 104 valence electrons. The van der Waals surface area contributed by atoms with Gasteiger partial charge in [-0.05, 0) is 31.0 Å². The average Bonchev–Trinajstić information content (AvgIpc) is 2.38. The number of carbonyl (C=O) groups is 2. The monoisotopic (exact) mass is 286 g/mol. The molecule has 1 rings (SSSR count). The summed E-state index contributed by atoms with van der Waals surface area (Å²) in [5.41, 5.74) is 0.802. The van der Waals surface area contributed by atoms with Crippen molar-refractivity contribution in [1.29, 1.82) is 0 Å². The molecular formula is C14H16ClFO3. The van der Waals surface area contributed by atoms with Crippen molar-refractivity contribution in [2.45, 2.75) is 32.6 Å². The van der Waals surface area contributed by atoms with E-state index in [-0.39, 0.29) is 29.6 Å². The Morgan fingerprint density at radius 1 is 1.26 bits per heavy atom. The van der Waals surface area contributed by atoms with Gasteiger partial charge in [-0.15, -0.1) is 0 Å². The number of Topliss-reactive ketones (excluding diaryl/α,β-unsaturated/α-hetero) is 1. The van der Waals surface area contributed by atoms with Gasteiger partial charge in [-0.1, -0.05) is 17.7 Å². The molecule has 0 aliphatic heterocycles. The van der Waals surface area contributed by atoms with Gasteiger partial charge in [-0.25, -0.2) is 4.39 Å². The second-order valence-electron chi connectivity index (χ2n) is 4.09. The Labute approximate surface area is 116 Å². The number of carbonyl (C=O) groups excluding carboxylic acids is 2. The molecule has 0 N–H and O–H groups in total. The summed E-state index contributed by atoms with van der Waals surface area (Å²) in [5.74, 6) is -0.853. The lowest BCUT2D eigenvalue weighted by Gasteiger charge is -2.03. The minimum atomic E-state index is -0.473. The van der Waals surface area contributed by atoms with Gasteiger partial charge in [-0.2, -0.15) is 0 Å². The number of benzene rings is 1. The van der Waals surface area contributed by atoms with Crippen LogP contribution in [0.15, 0.2) is 18.2 Å². The molecule has 19 heavy (non-hydrogen) atoms. The average molecular weight is 287 g/mol. The minimum absolute atomic E-state index is 0.0199. The summed E-state index contributed by atoms with van der Waals surface area (Å²) < 4.78 is 17.7. The van der Waals surface area contributed by atoms with E-state index in [0.717, 1.165) is 5.56 Å². The Bertz CT molecular complexity index is 460. The molecule has 0 fully saturated rings. The number of rotatable bonds is 7. The van der Waals surface area contributed by atoms with Gasteiger partial charge in [0.1, 0.15) is 11.6 Å². The van der Waals surface area contributed by atoms with Crippen LogP contribution in [0.25, 0.3) is 0 Å². The molecule has 5 heteroatoms. The Morgan fingerprint density at radius 2 is 2.00 bits per heavy atom. The fourth-order valence-corrected chi connectivity index (χ4v) is 1.78. The first-order chi connectivity index (χ1) is 9.02. The zero-order valence-corrected chi connectivity index (χ0v) is 11.5. The fourth-order valence-electron chi connectivity index (χ4n) is 1.58. The van der Waals surface area contributed by atoms with E-state index in [9.17, 15) is 14.0 Å². The maximum absolute atomic E-state index is 12.9. The van der Waals surface area contributed by atoms with Crippen LogP contribution in [0.1, 0.15) is 31.7 Å². The van der Waals surface area contributed by atoms with Gasteiger partial charge in [-0.3, -0.25) is 9.59 Å². The predicted molar refractivity (Wildman–Crippen MR) is 70.6 cm³/mol. The lowest BCUT2D eigenvalue weighted by atomic mass is 10.1. The predicted octanol–water partition coefficient (Wildman–Crippen LogP) is 3.32. The Hall–Kier alpha value is -1.42. The van der Waals surface area contributed by atoms with Crippen LogP contribution < -0.4 is 0 Å². The molecule has 1 aromatic rings. The summed E-state index contributed by atoms with van der Waals surface area (Å²) >= 11 is 5.65. The van der Waals surface area contributed by atoms with E-state index in [0.29, 0.717) is 19.4 Å². The van der Waals surface area contributed by atoms with Crippen LogP contribution in [0.3, 0.4) is 0 Å². The second kappa shape index (κ2) is 7.89. The van der Waals surface area contributed by atoms with E-state index in [1.807, 2.05) is 0 Å². The smallest absolute Gasteiger partial charge is 0.306 e. The molecule has 0 aliphatic carbocycles. The zero-order chi connectivity index (χ0) is 14.3. The molecule has 0 spiro atoms. The third kappa shape index (κ3) is 5.83. The van der Waals surface area contributed by atoms with E-state index in [1.54, 1.807) is 13.0 Å². The first-order valence-corrected chi connectivity index (χ1v) is 6.52. The lowest BCUT2D eigenvalue weighted by molar-refractivity contribution is -0.144. The normalized spacial score (nSPS) is 10.3. The summed E-state index contributed by atoms with van der Waals surface area (Å²) in [5, 5.41) is 0.0523. The molecule has 0 amide bonds. The highest BCUT2D eigenvalue weighted by molar-refractivity contribution is 6.30. The van der Waals surface area contributed by atoms with Crippen LogP contribution in [-0.4, -0.2) is 18.4 Å². The van der Waals surface area contributed by atoms with E-state index in [4.69, 9.17) is 16.3 Å². The molecular weight excluding hydrogens is 271 g/mol. The van der Waals surface area contributed by atoms with Crippen LogP contribution >= 0.6 is 11.6 Å². The largest absolute Gasteiger partial charge is 0.466 e. The van der Waals surface area contributed by atoms with Crippen LogP contribution in [0, 0.1) is 5.82 Å². The lowest BCUT2D eigenvalue weighted by Crippen LogP contribution is -2.08. The van der Waals surface area contributed by atoms with Crippen molar-refractivity contribution in [2.75, 3.05) is 6.61 Å². The van der Waals surface area contributed by atoms with Gasteiger partial charge in [0, 0.05) is 12.8 Å². The molecule has 0 aliphatic rings. The van der Waals surface area contributed by atoms with Gasteiger partial charge < -0.3 is 4.74 Å². The van der Waals surface area contributed by atoms with Gasteiger partial charge in [0.2, 0.25) is 0 Å². The molecule has 0 aromatic heterocycles. The number of esters is 1. The molecule has 1 aromatic carbocycles. The number of ketones is 1. The van der Waals surface area contributed by atoms with Crippen LogP contribution in [-0.2, 0) is 20.7 Å². The van der Waals surface area contributed by atoms with Crippen LogP contribution in [0.5, 0.6) is 0 Å². The number of ether oxygens (including phenoxy) is 1. The first-order valence-electron chi connectivity index (χ1n) is 6.14. The summed E-state index contributed by atoms with van der Waals surface area (Å²) in [6.45, 7) is 2.04. The molecule has 0 bridgehead atoms. The molecule has 0 unspecified atom stereocenters. The van der Waals surface area contributed by atoms with E-state index >= 15 is 0 Å². The second-order valence-corrected chi connectivity index (χ2v) is 4.50. The molecule has 0 saturated heterocycles. The van der Waals surface area contributed by atoms with Gasteiger partial charge >= 0.3 is 5.97 Å². The Morgan fingerprint density at radius 3 is 2.63 bits per heavy atom. The number of hydrogen-bond donors (Lipinski definition) is 0. The third-order valence-electron chi connectivity index (χ3n) is 2.59. The van der Waals surface area contributed by atoms with Crippen molar-refractivity contribution in [2.24, 2.45) is 0 Å². The van der Waals surface area contributed by atoms with Crippen LogP contribution in [0.4, 0.5) is 4.39 Å². The number of hydrogen-bond acceptors (Lipinski definition) is 3. The Balaban J connectivity index is 2.33. The molecule has 0 atom stereocenters. The zero-order valence-electron chi connectivity index (χ0n) is 10.7. The molecule has 0 heterocycles. The third-order valence-corrected chi connectivity index (χ3v) is 2.88. The van der Waals surface area contributed by atoms with Crippen molar-refractivity contribution in [1.82, 2.24) is 0 Å². The minimum Gasteiger partial charge on any atom is -0.466 e. The van der Waals surface area contributed by atoms with E-state index in [2.05, 4.69) is 0 Å². The summed E-state index contributed by atoms with van der Waals surface area (Å²) in [6, 6.07) is 4.39. The quantitative estimate of drug-likeness (QED) is 0.722. The molecule has 0 radical (unpaired) electrons. The van der Waals surface area contributed by atoms with Crippen molar-refractivity contribution in [3.05, 3.63) is 34.6 Å². The highest BCUT2D eigenvalue weighted by atomic mass is 35.5. The SMILES string of the molecule is CCOC(=O)CCC(=O)CCc1ccc(F)c(Cl)c1. The number of halogens is 2. The van der Waals surface area contributed by atoms with E-state index in [1.165, 1.54) is 12.1 Å². The Kier molecular flexibility index (Phi) is 6.50. The van der Waals surface area contributed by atoms with E-state index < -0.39 is 5.82 Å². The van der Waals surface area contributed by atoms with Gasteiger partial charge in [0.05, 0.1) is 18.1 Å². The summed E-state index contributed by atoms with van der Waals surface area (Å²) in [4.78, 5) is 22.6.